The minimum Gasteiger partial charge on any atom is -0.344 e. The molecule has 1 aromatic rings. The second kappa shape index (κ2) is 5.77. The molecule has 100 valence electrons. The van der Waals surface area contributed by atoms with Crippen molar-refractivity contribution in [2.45, 2.75) is 32.2 Å². The van der Waals surface area contributed by atoms with Crippen LogP contribution < -0.4 is 16.6 Å². The zero-order chi connectivity index (χ0) is 13.8. The summed E-state index contributed by atoms with van der Waals surface area (Å²) in [7, 11) is 1.51. The van der Waals surface area contributed by atoms with Gasteiger partial charge in [-0.2, -0.15) is 5.10 Å². The quantitative estimate of drug-likeness (QED) is 0.773. The summed E-state index contributed by atoms with van der Waals surface area (Å²) < 4.78 is 1.14. The molecule has 0 aliphatic heterocycles. The highest BCUT2D eigenvalue weighted by Gasteiger charge is 2.27. The average Bonchev–Trinajstić information content (AvgIpc) is 2.39. The third-order valence-electron chi connectivity index (χ3n) is 3.32. The Morgan fingerprint density at radius 2 is 2.06 bits per heavy atom. The lowest BCUT2D eigenvalue weighted by atomic mass is 9.93. The molecule has 0 spiro atoms. The van der Waals surface area contributed by atoms with Gasteiger partial charge in [-0.1, -0.05) is 13.8 Å². The highest BCUT2D eigenvalue weighted by molar-refractivity contribution is 5.92. The van der Waals surface area contributed by atoms with Gasteiger partial charge in [0.2, 0.25) is 0 Å². The first-order chi connectivity index (χ1) is 8.48. The highest BCUT2D eigenvalue weighted by Crippen LogP contribution is 2.13. The first kappa shape index (κ1) is 14.4. The molecule has 0 aromatic carbocycles. The minimum atomic E-state index is -0.409. The zero-order valence-electron chi connectivity index (χ0n) is 11.1. The zero-order valence-corrected chi connectivity index (χ0v) is 11.1. The second-order valence-electron chi connectivity index (χ2n) is 4.33. The Morgan fingerprint density at radius 1 is 1.44 bits per heavy atom. The minimum absolute atomic E-state index is 0.219. The molecule has 1 aromatic heterocycles. The van der Waals surface area contributed by atoms with E-state index in [1.807, 2.05) is 13.8 Å². The Hall–Kier alpha value is -1.69. The molecule has 0 bridgehead atoms. The van der Waals surface area contributed by atoms with Gasteiger partial charge >= 0.3 is 0 Å². The van der Waals surface area contributed by atoms with E-state index in [1.54, 1.807) is 0 Å². The fourth-order valence-electron chi connectivity index (χ4n) is 1.69. The molecule has 6 nitrogen and oxygen atoms in total. The molecule has 0 aliphatic carbocycles. The molecule has 1 amide bonds. The van der Waals surface area contributed by atoms with Crippen molar-refractivity contribution < 1.29 is 4.79 Å². The monoisotopic (exact) mass is 252 g/mol. The third kappa shape index (κ3) is 2.95. The molecule has 6 heteroatoms. The summed E-state index contributed by atoms with van der Waals surface area (Å²) in [6, 6.07) is 2.74. The van der Waals surface area contributed by atoms with E-state index < -0.39 is 5.54 Å². The van der Waals surface area contributed by atoms with Gasteiger partial charge in [0.05, 0.1) is 5.54 Å². The van der Waals surface area contributed by atoms with Gasteiger partial charge in [-0.25, -0.2) is 4.68 Å². The molecular weight excluding hydrogens is 232 g/mol. The molecule has 0 unspecified atom stereocenters. The van der Waals surface area contributed by atoms with Crippen molar-refractivity contribution >= 4 is 5.91 Å². The molecular formula is C12H20N4O2. The molecule has 3 N–H and O–H groups in total. The Labute approximate surface area is 106 Å². The SMILES string of the molecule is CCC(CC)(CN)NC(=O)c1ccc(=O)n(C)n1. The lowest BCUT2D eigenvalue weighted by molar-refractivity contribution is 0.0887. The number of nitrogens with zero attached hydrogens (tertiary/aromatic N) is 2. The number of hydrogen-bond acceptors (Lipinski definition) is 4. The normalized spacial score (nSPS) is 11.3. The van der Waals surface area contributed by atoms with Crippen LogP contribution >= 0.6 is 0 Å². The second-order valence-corrected chi connectivity index (χ2v) is 4.33. The molecule has 1 heterocycles. The smallest absolute Gasteiger partial charge is 0.272 e. The first-order valence-corrected chi connectivity index (χ1v) is 6.05. The van der Waals surface area contributed by atoms with Crippen LogP contribution in [0.3, 0.4) is 0 Å². The summed E-state index contributed by atoms with van der Waals surface area (Å²) in [5.74, 6) is -0.306. The van der Waals surface area contributed by atoms with Crippen LogP contribution in [-0.2, 0) is 7.05 Å². The number of nitrogens with two attached hydrogens (primary N) is 1. The summed E-state index contributed by atoms with van der Waals surface area (Å²) in [6.45, 7) is 4.33. The molecule has 0 atom stereocenters. The van der Waals surface area contributed by atoms with Crippen LogP contribution in [0.2, 0.25) is 0 Å². The number of carbonyl (C=O) groups is 1. The number of amides is 1. The summed E-state index contributed by atoms with van der Waals surface area (Å²) in [6.07, 6.45) is 1.50. The van der Waals surface area contributed by atoms with E-state index in [4.69, 9.17) is 5.73 Å². The highest BCUT2D eigenvalue weighted by atomic mass is 16.2. The van der Waals surface area contributed by atoms with E-state index in [0.717, 1.165) is 17.5 Å². The van der Waals surface area contributed by atoms with Gasteiger partial charge in [-0.15, -0.1) is 0 Å². The van der Waals surface area contributed by atoms with E-state index in [2.05, 4.69) is 10.4 Å². The van der Waals surface area contributed by atoms with Crippen LogP contribution in [0.15, 0.2) is 16.9 Å². The number of hydrogen-bond donors (Lipinski definition) is 2. The van der Waals surface area contributed by atoms with Crippen LogP contribution in [0.1, 0.15) is 37.2 Å². The standard InChI is InChI=1S/C12H20N4O2/c1-4-12(5-2,8-13)14-11(18)9-6-7-10(17)16(3)15-9/h6-7H,4-5,8,13H2,1-3H3,(H,14,18). The van der Waals surface area contributed by atoms with E-state index in [-0.39, 0.29) is 17.2 Å². The van der Waals surface area contributed by atoms with Gasteiger partial charge in [-0.05, 0) is 18.9 Å². The maximum absolute atomic E-state index is 12.1. The summed E-state index contributed by atoms with van der Waals surface area (Å²) in [5.41, 5.74) is 5.28. The van der Waals surface area contributed by atoms with Crippen LogP contribution in [0.25, 0.3) is 0 Å². The molecule has 0 radical (unpaired) electrons. The van der Waals surface area contributed by atoms with Crippen LogP contribution in [0, 0.1) is 0 Å². The van der Waals surface area contributed by atoms with Gasteiger partial charge < -0.3 is 11.1 Å². The molecule has 18 heavy (non-hydrogen) atoms. The Bertz CT molecular complexity index is 469. The molecule has 0 aliphatic rings. The maximum Gasteiger partial charge on any atom is 0.272 e. The number of aryl methyl sites for hydroxylation is 1. The largest absolute Gasteiger partial charge is 0.344 e. The third-order valence-corrected chi connectivity index (χ3v) is 3.32. The fraction of sp³-hybridized carbons (Fsp3) is 0.583. The van der Waals surface area contributed by atoms with Crippen LogP contribution in [0.4, 0.5) is 0 Å². The molecule has 0 saturated carbocycles. The lowest BCUT2D eigenvalue weighted by Gasteiger charge is -2.31. The number of aromatic nitrogens is 2. The van der Waals surface area contributed by atoms with Gasteiger partial charge in [0.15, 0.2) is 0 Å². The number of carbonyl (C=O) groups excluding carboxylic acids is 1. The molecule has 1 rings (SSSR count). The predicted molar refractivity (Wildman–Crippen MR) is 69.3 cm³/mol. The van der Waals surface area contributed by atoms with E-state index in [0.29, 0.717) is 6.54 Å². The van der Waals surface area contributed by atoms with E-state index >= 15 is 0 Å². The Balaban J connectivity index is 2.94. The number of rotatable bonds is 5. The van der Waals surface area contributed by atoms with Crippen molar-refractivity contribution in [2.75, 3.05) is 6.54 Å². The summed E-state index contributed by atoms with van der Waals surface area (Å²) in [4.78, 5) is 23.3. The van der Waals surface area contributed by atoms with Crippen molar-refractivity contribution in [3.05, 3.63) is 28.2 Å². The Morgan fingerprint density at radius 3 is 2.50 bits per heavy atom. The fourth-order valence-corrected chi connectivity index (χ4v) is 1.69. The van der Waals surface area contributed by atoms with Gasteiger partial charge in [0.1, 0.15) is 5.69 Å². The lowest BCUT2D eigenvalue weighted by Crippen LogP contribution is -2.53. The Kier molecular flexibility index (Phi) is 4.61. The summed E-state index contributed by atoms with van der Waals surface area (Å²) in [5, 5.41) is 6.81. The predicted octanol–water partition coefficient (Wildman–Crippen LogP) is 0.0276. The van der Waals surface area contributed by atoms with Crippen LogP contribution in [0.5, 0.6) is 0 Å². The van der Waals surface area contributed by atoms with Crippen molar-refractivity contribution in [3.8, 4) is 0 Å². The summed E-state index contributed by atoms with van der Waals surface area (Å²) >= 11 is 0. The average molecular weight is 252 g/mol. The van der Waals surface area contributed by atoms with E-state index in [1.165, 1.54) is 19.2 Å². The topological polar surface area (TPSA) is 90.0 Å². The van der Waals surface area contributed by atoms with Crippen molar-refractivity contribution in [2.24, 2.45) is 12.8 Å². The molecule has 0 fully saturated rings. The van der Waals surface area contributed by atoms with E-state index in [9.17, 15) is 9.59 Å². The van der Waals surface area contributed by atoms with Gasteiger partial charge in [-0.3, -0.25) is 9.59 Å². The van der Waals surface area contributed by atoms with Crippen molar-refractivity contribution in [1.29, 1.82) is 0 Å². The van der Waals surface area contributed by atoms with Crippen LogP contribution in [-0.4, -0.2) is 27.8 Å². The first-order valence-electron chi connectivity index (χ1n) is 6.05. The van der Waals surface area contributed by atoms with Gasteiger partial charge in [0.25, 0.3) is 11.5 Å². The van der Waals surface area contributed by atoms with Crippen molar-refractivity contribution in [1.82, 2.24) is 15.1 Å². The number of nitrogens with one attached hydrogen (secondary N) is 1. The van der Waals surface area contributed by atoms with Gasteiger partial charge in [0, 0.05) is 19.7 Å². The molecule has 0 saturated heterocycles. The van der Waals surface area contributed by atoms with Crippen molar-refractivity contribution in [3.63, 3.8) is 0 Å². The maximum atomic E-state index is 12.1.